The van der Waals surface area contributed by atoms with Gasteiger partial charge < -0.3 is 5.73 Å². The van der Waals surface area contributed by atoms with Gasteiger partial charge >= 0.3 is 0 Å². The van der Waals surface area contributed by atoms with Crippen molar-refractivity contribution in [1.82, 2.24) is 0 Å². The predicted molar refractivity (Wildman–Crippen MR) is 70.8 cm³/mol. The minimum absolute atomic E-state index is 0.468. The summed E-state index contributed by atoms with van der Waals surface area (Å²) >= 11 is 3.25. The maximum Gasteiger partial charge on any atom is 0.237 e. The van der Waals surface area contributed by atoms with Crippen LogP contribution in [0.4, 0.5) is 11.4 Å². The number of rotatable bonds is 2. The standard InChI is InChI=1S/C10H15BrN2O2S/c1-10(2,3)16(14,15)13-7-4-5-8(11)9(12)6-7/h4-6,13H,12H2,1-3H3. The van der Waals surface area contributed by atoms with E-state index >= 15 is 0 Å². The smallest absolute Gasteiger partial charge is 0.237 e. The first kappa shape index (κ1) is 13.3. The summed E-state index contributed by atoms with van der Waals surface area (Å²) in [5, 5.41) is 0. The number of hydrogen-bond donors (Lipinski definition) is 2. The Kier molecular flexibility index (Phi) is 3.54. The molecule has 0 aliphatic carbocycles. The summed E-state index contributed by atoms with van der Waals surface area (Å²) in [6, 6.07) is 4.94. The van der Waals surface area contributed by atoms with Crippen LogP contribution in [-0.2, 0) is 10.0 Å². The topological polar surface area (TPSA) is 72.2 Å². The number of nitrogens with one attached hydrogen (secondary N) is 1. The fraction of sp³-hybridized carbons (Fsp3) is 0.400. The molecule has 0 aliphatic heterocycles. The van der Waals surface area contributed by atoms with Crippen molar-refractivity contribution in [2.75, 3.05) is 10.5 Å². The van der Waals surface area contributed by atoms with E-state index in [-0.39, 0.29) is 0 Å². The first-order valence-corrected chi connectivity index (χ1v) is 6.98. The summed E-state index contributed by atoms with van der Waals surface area (Å²) in [5.74, 6) is 0. The van der Waals surface area contributed by atoms with Gasteiger partial charge in [-0.05, 0) is 54.9 Å². The number of nitrogen functional groups attached to an aromatic ring is 1. The second-order valence-corrected chi connectivity index (χ2v) is 7.74. The minimum Gasteiger partial charge on any atom is -0.398 e. The molecule has 0 unspecified atom stereocenters. The van der Waals surface area contributed by atoms with E-state index in [2.05, 4.69) is 20.7 Å². The molecule has 0 fully saturated rings. The molecule has 0 aromatic heterocycles. The van der Waals surface area contributed by atoms with Crippen molar-refractivity contribution >= 4 is 37.3 Å². The largest absolute Gasteiger partial charge is 0.398 e. The van der Waals surface area contributed by atoms with Gasteiger partial charge in [-0.15, -0.1) is 0 Å². The SMILES string of the molecule is CC(C)(C)S(=O)(=O)Nc1ccc(Br)c(N)c1. The highest BCUT2D eigenvalue weighted by Crippen LogP contribution is 2.25. The molecule has 0 heterocycles. The molecule has 1 aromatic carbocycles. The zero-order valence-corrected chi connectivity index (χ0v) is 11.8. The Bertz CT molecular complexity index is 492. The van der Waals surface area contributed by atoms with Crippen LogP contribution in [0.2, 0.25) is 0 Å². The third-order valence-corrected chi connectivity index (χ3v) is 4.89. The lowest BCUT2D eigenvalue weighted by Crippen LogP contribution is -2.33. The molecule has 0 saturated carbocycles. The molecule has 0 amide bonds. The van der Waals surface area contributed by atoms with Crippen LogP contribution in [0.3, 0.4) is 0 Å². The van der Waals surface area contributed by atoms with E-state index < -0.39 is 14.8 Å². The highest BCUT2D eigenvalue weighted by atomic mass is 79.9. The summed E-state index contributed by atoms with van der Waals surface area (Å²) in [5.41, 5.74) is 6.63. The Morgan fingerprint density at radius 1 is 1.31 bits per heavy atom. The van der Waals surface area contributed by atoms with Crippen molar-refractivity contribution in [2.24, 2.45) is 0 Å². The van der Waals surface area contributed by atoms with Gasteiger partial charge in [0.05, 0.1) is 10.4 Å². The van der Waals surface area contributed by atoms with Crippen molar-refractivity contribution in [2.45, 2.75) is 25.5 Å². The van der Waals surface area contributed by atoms with Crippen molar-refractivity contribution in [1.29, 1.82) is 0 Å². The predicted octanol–water partition coefficient (Wildman–Crippen LogP) is 2.57. The van der Waals surface area contributed by atoms with Crippen molar-refractivity contribution in [3.8, 4) is 0 Å². The van der Waals surface area contributed by atoms with Crippen molar-refractivity contribution < 1.29 is 8.42 Å². The maximum absolute atomic E-state index is 11.9. The molecule has 0 spiro atoms. The number of anilines is 2. The number of benzene rings is 1. The van der Waals surface area contributed by atoms with E-state index in [1.54, 1.807) is 39.0 Å². The molecule has 1 rings (SSSR count). The molecule has 16 heavy (non-hydrogen) atoms. The average Bonchev–Trinajstić information content (AvgIpc) is 2.09. The fourth-order valence-electron chi connectivity index (χ4n) is 0.915. The Balaban J connectivity index is 3.03. The Labute approximate surface area is 104 Å². The molecule has 0 bridgehead atoms. The molecule has 0 aliphatic rings. The summed E-state index contributed by atoms with van der Waals surface area (Å²) in [6.45, 7) is 4.91. The molecule has 0 radical (unpaired) electrons. The molecule has 6 heteroatoms. The summed E-state index contributed by atoms with van der Waals surface area (Å²) in [6.07, 6.45) is 0. The van der Waals surface area contributed by atoms with Crippen LogP contribution in [-0.4, -0.2) is 13.2 Å². The number of halogens is 1. The van der Waals surface area contributed by atoms with Gasteiger partial charge in [0, 0.05) is 10.2 Å². The van der Waals surface area contributed by atoms with E-state index in [9.17, 15) is 8.42 Å². The van der Waals surface area contributed by atoms with Crippen LogP contribution in [0.1, 0.15) is 20.8 Å². The molecule has 0 atom stereocenters. The lowest BCUT2D eigenvalue weighted by atomic mass is 10.3. The second-order valence-electron chi connectivity index (χ2n) is 4.45. The van der Waals surface area contributed by atoms with Crippen molar-refractivity contribution in [3.63, 3.8) is 0 Å². The van der Waals surface area contributed by atoms with Gasteiger partial charge in [0.15, 0.2) is 0 Å². The maximum atomic E-state index is 11.9. The Morgan fingerprint density at radius 2 is 1.88 bits per heavy atom. The lowest BCUT2D eigenvalue weighted by Gasteiger charge is -2.20. The van der Waals surface area contributed by atoms with E-state index in [1.165, 1.54) is 0 Å². The van der Waals surface area contributed by atoms with E-state index in [0.29, 0.717) is 11.4 Å². The van der Waals surface area contributed by atoms with Crippen LogP contribution in [0.25, 0.3) is 0 Å². The third kappa shape index (κ3) is 2.89. The first-order chi connectivity index (χ1) is 7.13. The molecular weight excluding hydrogens is 292 g/mol. The van der Waals surface area contributed by atoms with Gasteiger partial charge in [-0.3, -0.25) is 4.72 Å². The Morgan fingerprint density at radius 3 is 2.31 bits per heavy atom. The second kappa shape index (κ2) is 4.25. The van der Waals surface area contributed by atoms with Gasteiger partial charge in [0.1, 0.15) is 0 Å². The first-order valence-electron chi connectivity index (χ1n) is 4.71. The summed E-state index contributed by atoms with van der Waals surface area (Å²) in [4.78, 5) is 0. The van der Waals surface area contributed by atoms with Crippen LogP contribution in [0.5, 0.6) is 0 Å². The van der Waals surface area contributed by atoms with Gasteiger partial charge in [-0.1, -0.05) is 0 Å². The lowest BCUT2D eigenvalue weighted by molar-refractivity contribution is 0.566. The quantitative estimate of drug-likeness (QED) is 0.825. The highest BCUT2D eigenvalue weighted by Gasteiger charge is 2.28. The Hall–Kier alpha value is -0.750. The van der Waals surface area contributed by atoms with E-state index in [4.69, 9.17) is 5.73 Å². The van der Waals surface area contributed by atoms with Gasteiger partial charge in [0.2, 0.25) is 10.0 Å². The van der Waals surface area contributed by atoms with Crippen LogP contribution >= 0.6 is 15.9 Å². The normalized spacial score (nSPS) is 12.5. The fourth-order valence-corrected chi connectivity index (χ4v) is 1.91. The van der Waals surface area contributed by atoms with Gasteiger partial charge in [-0.25, -0.2) is 8.42 Å². The monoisotopic (exact) mass is 306 g/mol. The van der Waals surface area contributed by atoms with Crippen LogP contribution in [0, 0.1) is 0 Å². The molecular formula is C10H15BrN2O2S. The number of hydrogen-bond acceptors (Lipinski definition) is 3. The summed E-state index contributed by atoms with van der Waals surface area (Å²) < 4.78 is 26.1. The van der Waals surface area contributed by atoms with Gasteiger partial charge in [0.25, 0.3) is 0 Å². The van der Waals surface area contributed by atoms with Crippen molar-refractivity contribution in [3.05, 3.63) is 22.7 Å². The third-order valence-electron chi connectivity index (χ3n) is 2.05. The van der Waals surface area contributed by atoms with E-state index in [0.717, 1.165) is 4.47 Å². The minimum atomic E-state index is -3.40. The zero-order valence-electron chi connectivity index (χ0n) is 9.41. The molecule has 0 saturated heterocycles. The molecule has 1 aromatic rings. The zero-order chi connectivity index (χ0) is 12.6. The highest BCUT2D eigenvalue weighted by molar-refractivity contribution is 9.10. The summed E-state index contributed by atoms with van der Waals surface area (Å²) in [7, 11) is -3.40. The molecule has 3 N–H and O–H groups in total. The number of nitrogens with two attached hydrogens (primary N) is 1. The van der Waals surface area contributed by atoms with Gasteiger partial charge in [-0.2, -0.15) is 0 Å². The van der Waals surface area contributed by atoms with E-state index in [1.807, 2.05) is 0 Å². The number of sulfonamides is 1. The molecule has 90 valence electrons. The average molecular weight is 307 g/mol. The van der Waals surface area contributed by atoms with Crippen LogP contribution in [0.15, 0.2) is 22.7 Å². The molecule has 4 nitrogen and oxygen atoms in total. The van der Waals surface area contributed by atoms with Crippen LogP contribution < -0.4 is 10.5 Å².